The summed E-state index contributed by atoms with van der Waals surface area (Å²) in [5.41, 5.74) is 1.00. The molecule has 1 saturated carbocycles. The highest BCUT2D eigenvalue weighted by Gasteiger charge is 2.27. The van der Waals surface area contributed by atoms with Crippen LogP contribution in [0.3, 0.4) is 0 Å². The Kier molecular flexibility index (Phi) is 4.62. The second-order valence-electron chi connectivity index (χ2n) is 4.46. The van der Waals surface area contributed by atoms with Gasteiger partial charge < -0.3 is 4.74 Å². The fourth-order valence-corrected chi connectivity index (χ4v) is 3.91. The van der Waals surface area contributed by atoms with E-state index in [9.17, 15) is 0 Å². The summed E-state index contributed by atoms with van der Waals surface area (Å²) >= 11 is 16.1. The monoisotopic (exact) mass is 336 g/mol. The van der Waals surface area contributed by atoms with Gasteiger partial charge in [0.2, 0.25) is 0 Å². The molecule has 1 aliphatic carbocycles. The smallest absolute Gasteiger partial charge is 0.137 e. The van der Waals surface area contributed by atoms with Gasteiger partial charge in [-0.1, -0.05) is 24.4 Å². The SMILES string of the molecule is COc1c(Br)cc(Cl)cc1C(Cl)C1CCCC1. The molecule has 94 valence electrons. The lowest BCUT2D eigenvalue weighted by Gasteiger charge is -2.20. The summed E-state index contributed by atoms with van der Waals surface area (Å²) in [4.78, 5) is 0. The molecule has 1 atom stereocenters. The maximum Gasteiger partial charge on any atom is 0.137 e. The largest absolute Gasteiger partial charge is 0.495 e. The van der Waals surface area contributed by atoms with Gasteiger partial charge in [-0.05, 0) is 46.8 Å². The number of alkyl halides is 1. The molecule has 0 bridgehead atoms. The molecule has 0 spiro atoms. The molecule has 0 radical (unpaired) electrons. The van der Waals surface area contributed by atoms with E-state index in [2.05, 4.69) is 15.9 Å². The van der Waals surface area contributed by atoms with Crippen LogP contribution in [0.2, 0.25) is 5.02 Å². The van der Waals surface area contributed by atoms with E-state index in [0.29, 0.717) is 10.9 Å². The topological polar surface area (TPSA) is 9.23 Å². The highest BCUT2D eigenvalue weighted by Crippen LogP contribution is 2.45. The van der Waals surface area contributed by atoms with Crippen molar-refractivity contribution in [3.8, 4) is 5.75 Å². The Balaban J connectivity index is 2.35. The third-order valence-corrected chi connectivity index (χ3v) is 4.75. The van der Waals surface area contributed by atoms with Crippen molar-refractivity contribution in [2.45, 2.75) is 31.1 Å². The highest BCUT2D eigenvalue weighted by atomic mass is 79.9. The third-order valence-electron chi connectivity index (χ3n) is 3.35. The normalized spacial score (nSPS) is 18.4. The number of ether oxygens (including phenoxy) is 1. The Morgan fingerprint density at radius 1 is 1.35 bits per heavy atom. The summed E-state index contributed by atoms with van der Waals surface area (Å²) in [5.74, 6) is 1.34. The van der Waals surface area contributed by atoms with Crippen LogP contribution < -0.4 is 4.74 Å². The van der Waals surface area contributed by atoms with Crippen molar-refractivity contribution in [2.75, 3.05) is 7.11 Å². The fraction of sp³-hybridized carbons (Fsp3) is 0.538. The molecule has 17 heavy (non-hydrogen) atoms. The Morgan fingerprint density at radius 2 is 2.00 bits per heavy atom. The fourth-order valence-electron chi connectivity index (χ4n) is 2.50. The molecule has 0 heterocycles. The van der Waals surface area contributed by atoms with Crippen LogP contribution in [0.5, 0.6) is 5.75 Å². The second kappa shape index (κ2) is 5.81. The number of halogens is 3. The van der Waals surface area contributed by atoms with E-state index in [-0.39, 0.29) is 5.38 Å². The highest BCUT2D eigenvalue weighted by molar-refractivity contribution is 9.10. The van der Waals surface area contributed by atoms with Gasteiger partial charge in [0.15, 0.2) is 0 Å². The molecule has 1 unspecified atom stereocenters. The zero-order chi connectivity index (χ0) is 12.4. The summed E-state index contributed by atoms with van der Waals surface area (Å²) in [6, 6.07) is 3.75. The van der Waals surface area contributed by atoms with E-state index in [1.807, 2.05) is 12.1 Å². The average molecular weight is 338 g/mol. The van der Waals surface area contributed by atoms with Gasteiger partial charge in [0.25, 0.3) is 0 Å². The molecule has 1 aromatic carbocycles. The summed E-state index contributed by atoms with van der Waals surface area (Å²) in [7, 11) is 1.66. The van der Waals surface area contributed by atoms with Crippen molar-refractivity contribution in [3.05, 3.63) is 27.2 Å². The lowest BCUT2D eigenvalue weighted by atomic mass is 9.96. The number of methoxy groups -OCH3 is 1. The van der Waals surface area contributed by atoms with Crippen LogP contribution in [-0.4, -0.2) is 7.11 Å². The first kappa shape index (κ1) is 13.5. The van der Waals surface area contributed by atoms with Crippen molar-refractivity contribution in [3.63, 3.8) is 0 Å². The van der Waals surface area contributed by atoms with Crippen LogP contribution in [0.4, 0.5) is 0 Å². The first-order valence-corrected chi connectivity index (χ1v) is 7.41. The predicted molar refractivity (Wildman–Crippen MR) is 76.3 cm³/mol. The van der Waals surface area contributed by atoms with Crippen molar-refractivity contribution >= 4 is 39.1 Å². The Morgan fingerprint density at radius 3 is 2.59 bits per heavy atom. The van der Waals surface area contributed by atoms with Crippen LogP contribution in [0.25, 0.3) is 0 Å². The second-order valence-corrected chi connectivity index (χ2v) is 6.22. The molecule has 1 nitrogen and oxygen atoms in total. The zero-order valence-electron chi connectivity index (χ0n) is 9.68. The van der Waals surface area contributed by atoms with E-state index in [0.717, 1.165) is 15.8 Å². The molecule has 0 aromatic heterocycles. The quantitative estimate of drug-likeness (QED) is 0.654. The van der Waals surface area contributed by atoms with Gasteiger partial charge in [-0.25, -0.2) is 0 Å². The molecule has 2 rings (SSSR count). The van der Waals surface area contributed by atoms with Crippen LogP contribution in [-0.2, 0) is 0 Å². The van der Waals surface area contributed by atoms with Gasteiger partial charge in [-0.2, -0.15) is 0 Å². The third kappa shape index (κ3) is 2.91. The van der Waals surface area contributed by atoms with Gasteiger partial charge in [0.05, 0.1) is 17.0 Å². The first-order valence-electron chi connectivity index (χ1n) is 5.80. The molecular formula is C13H15BrCl2O. The van der Waals surface area contributed by atoms with Gasteiger partial charge >= 0.3 is 0 Å². The minimum atomic E-state index is -0.0116. The molecule has 1 aliphatic rings. The minimum absolute atomic E-state index is 0.0116. The van der Waals surface area contributed by atoms with E-state index < -0.39 is 0 Å². The molecule has 1 fully saturated rings. The first-order chi connectivity index (χ1) is 8.13. The number of benzene rings is 1. The summed E-state index contributed by atoms with van der Waals surface area (Å²) in [6.45, 7) is 0. The zero-order valence-corrected chi connectivity index (χ0v) is 12.8. The molecule has 0 aliphatic heterocycles. The molecule has 4 heteroatoms. The number of hydrogen-bond acceptors (Lipinski definition) is 1. The number of hydrogen-bond donors (Lipinski definition) is 0. The Labute approximate surface area is 121 Å². The molecule has 0 N–H and O–H groups in total. The standard InChI is InChI=1S/C13H15BrCl2O/c1-17-13-10(6-9(15)7-11(13)14)12(16)8-4-2-3-5-8/h6-8,12H,2-5H2,1H3. The van der Waals surface area contributed by atoms with Gasteiger partial charge in [0, 0.05) is 10.6 Å². The Bertz CT molecular complexity index is 403. The van der Waals surface area contributed by atoms with Crippen LogP contribution >= 0.6 is 39.1 Å². The summed E-state index contributed by atoms with van der Waals surface area (Å²) in [5, 5.41) is 0.679. The van der Waals surface area contributed by atoms with Crippen molar-refractivity contribution in [1.29, 1.82) is 0 Å². The summed E-state index contributed by atoms with van der Waals surface area (Å²) in [6.07, 6.45) is 4.94. The van der Waals surface area contributed by atoms with E-state index in [1.54, 1.807) is 7.11 Å². The lowest BCUT2D eigenvalue weighted by Crippen LogP contribution is -2.05. The van der Waals surface area contributed by atoms with E-state index >= 15 is 0 Å². The molecular weight excluding hydrogens is 323 g/mol. The lowest BCUT2D eigenvalue weighted by molar-refractivity contribution is 0.400. The van der Waals surface area contributed by atoms with Crippen molar-refractivity contribution in [2.24, 2.45) is 5.92 Å². The molecule has 0 amide bonds. The number of rotatable bonds is 3. The average Bonchev–Trinajstić information content (AvgIpc) is 2.80. The van der Waals surface area contributed by atoms with Gasteiger partial charge in [0.1, 0.15) is 5.75 Å². The minimum Gasteiger partial charge on any atom is -0.495 e. The van der Waals surface area contributed by atoms with Crippen LogP contribution in [0.1, 0.15) is 36.6 Å². The van der Waals surface area contributed by atoms with Gasteiger partial charge in [-0.3, -0.25) is 0 Å². The van der Waals surface area contributed by atoms with Crippen molar-refractivity contribution < 1.29 is 4.74 Å². The van der Waals surface area contributed by atoms with Gasteiger partial charge in [-0.15, -0.1) is 11.6 Å². The molecule has 1 aromatic rings. The van der Waals surface area contributed by atoms with Crippen LogP contribution in [0, 0.1) is 5.92 Å². The predicted octanol–water partition coefficient (Wildman–Crippen LogP) is 5.58. The summed E-state index contributed by atoms with van der Waals surface area (Å²) < 4.78 is 6.29. The van der Waals surface area contributed by atoms with Crippen LogP contribution in [0.15, 0.2) is 16.6 Å². The maximum absolute atomic E-state index is 6.58. The molecule has 0 saturated heterocycles. The van der Waals surface area contributed by atoms with E-state index in [4.69, 9.17) is 27.9 Å². The van der Waals surface area contributed by atoms with Crippen molar-refractivity contribution in [1.82, 2.24) is 0 Å². The maximum atomic E-state index is 6.58. The van der Waals surface area contributed by atoms with E-state index in [1.165, 1.54) is 25.7 Å². The Hall–Kier alpha value is 0.0800.